The molecule has 0 radical (unpaired) electrons. The van der Waals surface area contributed by atoms with E-state index in [1.807, 2.05) is 0 Å². The third-order valence-electron chi connectivity index (χ3n) is 4.89. The van der Waals surface area contributed by atoms with E-state index in [2.05, 4.69) is 83.1 Å². The molecule has 1 saturated heterocycles. The molecule has 3 nitrogen and oxygen atoms in total. The average Bonchev–Trinajstić information content (AvgIpc) is 2.66. The highest BCUT2D eigenvalue weighted by molar-refractivity contribution is 6.62. The molecule has 0 aromatic heterocycles. The zero-order valence-corrected chi connectivity index (χ0v) is 14.3. The standard InChI is InChI=1S/C18H24BNO2/c1-17(2)18(3,4)22-19(21-17)14-11-10-13-8-7-9-16(20(5)6)15(13)12-14/h7-12H,1-6H3. The normalized spacial score (nSPS) is 19.6. The van der Waals surface area contributed by atoms with E-state index in [4.69, 9.17) is 9.31 Å². The van der Waals surface area contributed by atoms with Gasteiger partial charge in [-0.1, -0.05) is 30.3 Å². The van der Waals surface area contributed by atoms with E-state index >= 15 is 0 Å². The van der Waals surface area contributed by atoms with Gasteiger partial charge < -0.3 is 14.2 Å². The Balaban J connectivity index is 2.05. The van der Waals surface area contributed by atoms with Gasteiger partial charge in [0.2, 0.25) is 0 Å². The number of anilines is 1. The van der Waals surface area contributed by atoms with Gasteiger partial charge in [0.15, 0.2) is 0 Å². The predicted octanol–water partition coefficient (Wildman–Crippen LogP) is 3.21. The van der Waals surface area contributed by atoms with Crippen LogP contribution in [-0.2, 0) is 9.31 Å². The van der Waals surface area contributed by atoms with Crippen LogP contribution in [-0.4, -0.2) is 32.4 Å². The predicted molar refractivity (Wildman–Crippen MR) is 94.0 cm³/mol. The van der Waals surface area contributed by atoms with Gasteiger partial charge in [0.25, 0.3) is 0 Å². The highest BCUT2D eigenvalue weighted by Gasteiger charge is 2.51. The van der Waals surface area contributed by atoms with Gasteiger partial charge in [0, 0.05) is 25.2 Å². The molecular weight excluding hydrogens is 273 g/mol. The van der Waals surface area contributed by atoms with Crippen LogP contribution in [0.15, 0.2) is 36.4 Å². The topological polar surface area (TPSA) is 21.7 Å². The van der Waals surface area contributed by atoms with Crippen molar-refractivity contribution in [1.82, 2.24) is 0 Å². The van der Waals surface area contributed by atoms with E-state index < -0.39 is 0 Å². The third kappa shape index (κ3) is 2.40. The summed E-state index contributed by atoms with van der Waals surface area (Å²) in [4.78, 5) is 2.14. The van der Waals surface area contributed by atoms with E-state index in [9.17, 15) is 0 Å². The van der Waals surface area contributed by atoms with Crippen LogP contribution in [0.5, 0.6) is 0 Å². The van der Waals surface area contributed by atoms with Crippen molar-refractivity contribution in [3.05, 3.63) is 36.4 Å². The first-order valence-electron chi connectivity index (χ1n) is 7.77. The van der Waals surface area contributed by atoms with Crippen molar-refractivity contribution >= 4 is 29.0 Å². The highest BCUT2D eigenvalue weighted by atomic mass is 16.7. The maximum absolute atomic E-state index is 6.16. The Morgan fingerprint density at radius 1 is 0.909 bits per heavy atom. The molecule has 1 aliphatic heterocycles. The van der Waals surface area contributed by atoms with Crippen LogP contribution in [0, 0.1) is 0 Å². The molecule has 2 aromatic carbocycles. The minimum atomic E-state index is -0.315. The monoisotopic (exact) mass is 297 g/mol. The number of rotatable bonds is 2. The molecule has 0 atom stereocenters. The summed E-state index contributed by atoms with van der Waals surface area (Å²) in [5.41, 5.74) is 1.65. The second kappa shape index (κ2) is 5.00. The molecule has 0 aliphatic carbocycles. The minimum absolute atomic E-state index is 0.312. The van der Waals surface area contributed by atoms with Crippen molar-refractivity contribution in [2.24, 2.45) is 0 Å². The molecule has 116 valence electrons. The van der Waals surface area contributed by atoms with Gasteiger partial charge in [-0.2, -0.15) is 0 Å². The summed E-state index contributed by atoms with van der Waals surface area (Å²) in [5, 5.41) is 2.45. The van der Waals surface area contributed by atoms with Crippen LogP contribution in [0.3, 0.4) is 0 Å². The van der Waals surface area contributed by atoms with Crippen molar-refractivity contribution < 1.29 is 9.31 Å². The van der Waals surface area contributed by atoms with Crippen molar-refractivity contribution in [3.8, 4) is 0 Å². The molecule has 0 saturated carbocycles. The Kier molecular flexibility index (Phi) is 3.50. The first-order valence-corrected chi connectivity index (χ1v) is 7.77. The smallest absolute Gasteiger partial charge is 0.399 e. The molecule has 1 aliphatic rings. The van der Waals surface area contributed by atoms with Gasteiger partial charge in [0.05, 0.1) is 11.2 Å². The van der Waals surface area contributed by atoms with Crippen LogP contribution < -0.4 is 10.4 Å². The highest BCUT2D eigenvalue weighted by Crippen LogP contribution is 2.36. The zero-order valence-electron chi connectivity index (χ0n) is 14.3. The molecule has 22 heavy (non-hydrogen) atoms. The molecule has 4 heteroatoms. The van der Waals surface area contributed by atoms with Crippen LogP contribution in [0.25, 0.3) is 10.8 Å². The molecule has 0 unspecified atom stereocenters. The number of hydrogen-bond acceptors (Lipinski definition) is 3. The molecule has 0 amide bonds. The van der Waals surface area contributed by atoms with E-state index in [1.54, 1.807) is 0 Å². The quantitative estimate of drug-likeness (QED) is 0.795. The molecule has 2 aromatic rings. The lowest BCUT2D eigenvalue weighted by Crippen LogP contribution is -2.41. The molecule has 0 spiro atoms. The largest absolute Gasteiger partial charge is 0.494 e. The summed E-state index contributed by atoms with van der Waals surface area (Å²) in [7, 11) is 3.82. The fourth-order valence-corrected chi connectivity index (χ4v) is 2.79. The second-order valence-corrected chi connectivity index (χ2v) is 7.24. The Morgan fingerprint density at radius 3 is 2.14 bits per heavy atom. The van der Waals surface area contributed by atoms with Crippen molar-refractivity contribution in [2.75, 3.05) is 19.0 Å². The van der Waals surface area contributed by atoms with Gasteiger partial charge in [-0.15, -0.1) is 0 Å². The Bertz CT molecular complexity index is 693. The Hall–Kier alpha value is -1.52. The summed E-state index contributed by atoms with van der Waals surface area (Å²) >= 11 is 0. The molecule has 1 fully saturated rings. The van der Waals surface area contributed by atoms with Crippen LogP contribution in [0.1, 0.15) is 27.7 Å². The zero-order chi connectivity index (χ0) is 16.1. The number of fused-ring (bicyclic) bond motifs is 1. The van der Waals surface area contributed by atoms with E-state index in [1.165, 1.54) is 16.5 Å². The average molecular weight is 297 g/mol. The fourth-order valence-electron chi connectivity index (χ4n) is 2.79. The summed E-state index contributed by atoms with van der Waals surface area (Å²) in [5.74, 6) is 0. The second-order valence-electron chi connectivity index (χ2n) is 7.24. The van der Waals surface area contributed by atoms with E-state index in [-0.39, 0.29) is 18.3 Å². The van der Waals surface area contributed by atoms with Gasteiger partial charge in [-0.25, -0.2) is 0 Å². The van der Waals surface area contributed by atoms with Gasteiger partial charge in [-0.3, -0.25) is 0 Å². The third-order valence-corrected chi connectivity index (χ3v) is 4.89. The Labute approximate surface area is 133 Å². The lowest BCUT2D eigenvalue weighted by molar-refractivity contribution is 0.00578. The maximum Gasteiger partial charge on any atom is 0.494 e. The van der Waals surface area contributed by atoms with Crippen molar-refractivity contribution in [2.45, 2.75) is 38.9 Å². The summed E-state index contributed by atoms with van der Waals surface area (Å²) in [6, 6.07) is 12.8. The van der Waals surface area contributed by atoms with Gasteiger partial charge in [-0.05, 0) is 44.6 Å². The lowest BCUT2D eigenvalue weighted by atomic mass is 9.78. The number of nitrogens with zero attached hydrogens (tertiary/aromatic N) is 1. The SMILES string of the molecule is CN(C)c1cccc2ccc(B3OC(C)(C)C(C)(C)O3)cc12. The lowest BCUT2D eigenvalue weighted by Gasteiger charge is -2.32. The minimum Gasteiger partial charge on any atom is -0.399 e. The fraction of sp³-hybridized carbons (Fsp3) is 0.444. The van der Waals surface area contributed by atoms with E-state index in [0.717, 1.165) is 5.46 Å². The van der Waals surface area contributed by atoms with E-state index in [0.29, 0.717) is 0 Å². The van der Waals surface area contributed by atoms with Crippen LogP contribution >= 0.6 is 0 Å². The molecular formula is C18H24BNO2. The summed E-state index contributed by atoms with van der Waals surface area (Å²) in [6.45, 7) is 8.33. The first-order chi connectivity index (χ1) is 10.2. The number of benzene rings is 2. The first kappa shape index (κ1) is 15.4. The Morgan fingerprint density at radius 2 is 1.55 bits per heavy atom. The van der Waals surface area contributed by atoms with Gasteiger partial charge >= 0.3 is 7.12 Å². The maximum atomic E-state index is 6.16. The van der Waals surface area contributed by atoms with Crippen LogP contribution in [0.2, 0.25) is 0 Å². The van der Waals surface area contributed by atoms with Crippen LogP contribution in [0.4, 0.5) is 5.69 Å². The molecule has 1 heterocycles. The summed E-state index contributed by atoms with van der Waals surface area (Å²) < 4.78 is 12.3. The molecule has 0 bridgehead atoms. The number of hydrogen-bond donors (Lipinski definition) is 0. The molecule has 3 rings (SSSR count). The van der Waals surface area contributed by atoms with Crippen molar-refractivity contribution in [3.63, 3.8) is 0 Å². The summed E-state index contributed by atoms with van der Waals surface area (Å²) in [6.07, 6.45) is 0. The van der Waals surface area contributed by atoms with Gasteiger partial charge in [0.1, 0.15) is 0 Å². The van der Waals surface area contributed by atoms with Crippen molar-refractivity contribution in [1.29, 1.82) is 0 Å². The molecule has 0 N–H and O–H groups in total.